The number of nitrogens with zero attached hydrogens (tertiary/aromatic N) is 1. The van der Waals surface area contributed by atoms with Gasteiger partial charge in [0.15, 0.2) is 0 Å². The van der Waals surface area contributed by atoms with Gasteiger partial charge in [0.25, 0.3) is 17.7 Å². The second kappa shape index (κ2) is 5.27. The van der Waals surface area contributed by atoms with Gasteiger partial charge in [0, 0.05) is 23.3 Å². The van der Waals surface area contributed by atoms with Crippen molar-refractivity contribution in [1.29, 1.82) is 0 Å². The third-order valence-electron chi connectivity index (χ3n) is 3.43. The van der Waals surface area contributed by atoms with Crippen LogP contribution < -0.4 is 5.32 Å². The Morgan fingerprint density at radius 2 is 1.77 bits per heavy atom. The van der Waals surface area contributed by atoms with Crippen LogP contribution in [0.15, 0.2) is 42.5 Å². The fraction of sp³-hybridized carbons (Fsp3) is 0.0625. The van der Waals surface area contributed by atoms with E-state index in [1.54, 1.807) is 24.3 Å². The molecule has 22 heavy (non-hydrogen) atoms. The van der Waals surface area contributed by atoms with E-state index < -0.39 is 5.91 Å². The number of imide groups is 1. The fourth-order valence-corrected chi connectivity index (χ4v) is 2.46. The molecule has 110 valence electrons. The Labute approximate surface area is 131 Å². The number of fused-ring (bicyclic) bond motifs is 1. The quantitative estimate of drug-likeness (QED) is 0.867. The van der Waals surface area contributed by atoms with E-state index in [1.807, 2.05) is 0 Å². The smallest absolute Gasteiger partial charge is 0.261 e. The Morgan fingerprint density at radius 1 is 1.05 bits per heavy atom. The van der Waals surface area contributed by atoms with Crippen LogP contribution in [0.25, 0.3) is 0 Å². The van der Waals surface area contributed by atoms with Gasteiger partial charge in [0.2, 0.25) is 0 Å². The van der Waals surface area contributed by atoms with Gasteiger partial charge in [-0.05, 0) is 36.4 Å². The summed E-state index contributed by atoms with van der Waals surface area (Å²) in [6.07, 6.45) is 0. The summed E-state index contributed by atoms with van der Waals surface area (Å²) in [5.74, 6) is -1.14. The van der Waals surface area contributed by atoms with E-state index in [-0.39, 0.29) is 17.4 Å². The molecule has 0 spiro atoms. The highest BCUT2D eigenvalue weighted by Gasteiger charge is 2.33. The average molecular weight is 315 g/mol. The number of amides is 3. The minimum atomic E-state index is -0.405. The lowest BCUT2D eigenvalue weighted by atomic mass is 10.1. The van der Waals surface area contributed by atoms with Gasteiger partial charge in [0.05, 0.1) is 11.1 Å². The number of hydrogen-bond acceptors (Lipinski definition) is 3. The monoisotopic (exact) mass is 314 g/mol. The summed E-state index contributed by atoms with van der Waals surface area (Å²) in [5.41, 5.74) is 1.41. The van der Waals surface area contributed by atoms with Gasteiger partial charge < -0.3 is 5.32 Å². The van der Waals surface area contributed by atoms with E-state index in [9.17, 15) is 14.4 Å². The van der Waals surface area contributed by atoms with Crippen molar-refractivity contribution in [1.82, 2.24) is 4.90 Å². The molecule has 3 rings (SSSR count). The van der Waals surface area contributed by atoms with Gasteiger partial charge in [-0.3, -0.25) is 19.3 Å². The van der Waals surface area contributed by atoms with Crippen molar-refractivity contribution < 1.29 is 14.4 Å². The predicted molar refractivity (Wildman–Crippen MR) is 82.3 cm³/mol. The number of benzene rings is 2. The van der Waals surface area contributed by atoms with Crippen LogP contribution in [0.1, 0.15) is 31.1 Å². The zero-order valence-corrected chi connectivity index (χ0v) is 12.3. The number of halogens is 1. The van der Waals surface area contributed by atoms with E-state index in [2.05, 4.69) is 5.32 Å². The van der Waals surface area contributed by atoms with Crippen molar-refractivity contribution in [3.63, 3.8) is 0 Å². The lowest BCUT2D eigenvalue weighted by molar-refractivity contribution is 0.0693. The first-order valence-electron chi connectivity index (χ1n) is 6.51. The largest absolute Gasteiger partial charge is 0.322 e. The summed E-state index contributed by atoms with van der Waals surface area (Å²) in [4.78, 5) is 37.0. The first-order chi connectivity index (χ1) is 10.5. The molecule has 1 heterocycles. The van der Waals surface area contributed by atoms with Crippen LogP contribution in [0.4, 0.5) is 5.69 Å². The number of carbonyl (C=O) groups excluding carboxylic acids is 3. The van der Waals surface area contributed by atoms with Gasteiger partial charge in [-0.15, -0.1) is 0 Å². The van der Waals surface area contributed by atoms with Crippen LogP contribution in [0, 0.1) is 0 Å². The van der Waals surface area contributed by atoms with Crippen LogP contribution in [-0.2, 0) is 0 Å². The third kappa shape index (κ3) is 2.35. The van der Waals surface area contributed by atoms with Gasteiger partial charge in [0.1, 0.15) is 0 Å². The van der Waals surface area contributed by atoms with Crippen LogP contribution in [0.3, 0.4) is 0 Å². The molecular formula is C16H11ClN2O3. The normalized spacial score (nSPS) is 13.3. The molecule has 3 amide bonds. The van der Waals surface area contributed by atoms with Gasteiger partial charge in [-0.2, -0.15) is 0 Å². The molecule has 2 aromatic rings. The molecule has 0 aliphatic carbocycles. The third-order valence-corrected chi connectivity index (χ3v) is 3.67. The Hall–Kier alpha value is -2.66. The average Bonchev–Trinajstić information content (AvgIpc) is 2.72. The van der Waals surface area contributed by atoms with Crippen LogP contribution >= 0.6 is 11.6 Å². The van der Waals surface area contributed by atoms with Crippen molar-refractivity contribution in [2.45, 2.75) is 0 Å². The molecule has 0 bridgehead atoms. The molecule has 0 saturated heterocycles. The van der Waals surface area contributed by atoms with E-state index in [4.69, 9.17) is 11.6 Å². The highest BCUT2D eigenvalue weighted by atomic mass is 35.5. The van der Waals surface area contributed by atoms with Crippen LogP contribution in [0.2, 0.25) is 5.02 Å². The maximum atomic E-state index is 12.2. The van der Waals surface area contributed by atoms with E-state index in [0.29, 0.717) is 21.8 Å². The van der Waals surface area contributed by atoms with Crippen molar-refractivity contribution in [2.75, 3.05) is 12.4 Å². The Kier molecular flexibility index (Phi) is 3.42. The van der Waals surface area contributed by atoms with Gasteiger partial charge in [-0.1, -0.05) is 17.7 Å². The van der Waals surface area contributed by atoms with Crippen LogP contribution in [-0.4, -0.2) is 29.7 Å². The maximum Gasteiger partial charge on any atom is 0.261 e. The minimum Gasteiger partial charge on any atom is -0.322 e. The van der Waals surface area contributed by atoms with Crippen LogP contribution in [0.5, 0.6) is 0 Å². The molecule has 5 nitrogen and oxygen atoms in total. The first-order valence-corrected chi connectivity index (χ1v) is 6.88. The lowest BCUT2D eigenvalue weighted by Gasteiger charge is -2.06. The minimum absolute atomic E-state index is 0.242. The first kappa shape index (κ1) is 14.3. The van der Waals surface area contributed by atoms with Gasteiger partial charge >= 0.3 is 0 Å². The predicted octanol–water partition coefficient (Wildman–Crippen LogP) is 2.82. The highest BCUT2D eigenvalue weighted by Crippen LogP contribution is 2.23. The Balaban J connectivity index is 1.89. The van der Waals surface area contributed by atoms with Crippen molar-refractivity contribution in [3.05, 3.63) is 64.2 Å². The number of carbonyl (C=O) groups is 3. The second-order valence-electron chi connectivity index (χ2n) is 4.89. The summed E-state index contributed by atoms with van der Waals surface area (Å²) in [6, 6.07) is 11.2. The Morgan fingerprint density at radius 3 is 2.50 bits per heavy atom. The highest BCUT2D eigenvalue weighted by molar-refractivity contribution is 6.31. The molecule has 1 aliphatic rings. The van der Waals surface area contributed by atoms with Crippen molar-refractivity contribution in [2.24, 2.45) is 0 Å². The summed E-state index contributed by atoms with van der Waals surface area (Å²) < 4.78 is 0. The Bertz CT molecular complexity index is 817. The van der Waals surface area contributed by atoms with Crippen molar-refractivity contribution in [3.8, 4) is 0 Å². The lowest BCUT2D eigenvalue weighted by Crippen LogP contribution is -2.24. The standard InChI is InChI=1S/C16H11ClN2O3/c1-19-15(21)12-6-5-9(7-13(12)16(19)22)14(20)18-11-4-2-3-10(17)8-11/h2-8H,1H3,(H,18,20). The fourth-order valence-electron chi connectivity index (χ4n) is 2.27. The molecule has 1 aliphatic heterocycles. The molecule has 2 aromatic carbocycles. The molecule has 1 N–H and O–H groups in total. The zero-order chi connectivity index (χ0) is 15.9. The number of anilines is 1. The summed E-state index contributed by atoms with van der Waals surface area (Å²) in [7, 11) is 1.41. The molecule has 0 saturated carbocycles. The maximum absolute atomic E-state index is 12.2. The topological polar surface area (TPSA) is 66.5 Å². The number of hydrogen-bond donors (Lipinski definition) is 1. The summed E-state index contributed by atoms with van der Waals surface area (Å²) in [5, 5.41) is 3.20. The van der Waals surface area contributed by atoms with E-state index >= 15 is 0 Å². The SMILES string of the molecule is CN1C(=O)c2ccc(C(=O)Nc3cccc(Cl)c3)cc2C1=O. The van der Waals surface area contributed by atoms with Gasteiger partial charge in [-0.25, -0.2) is 0 Å². The number of rotatable bonds is 2. The second-order valence-corrected chi connectivity index (χ2v) is 5.33. The molecule has 0 unspecified atom stereocenters. The molecule has 6 heteroatoms. The molecule has 0 fully saturated rings. The molecule has 0 radical (unpaired) electrons. The summed E-state index contributed by atoms with van der Waals surface area (Å²) in [6.45, 7) is 0. The number of nitrogens with one attached hydrogen (secondary N) is 1. The van der Waals surface area contributed by atoms with E-state index in [0.717, 1.165) is 4.90 Å². The van der Waals surface area contributed by atoms with Crippen molar-refractivity contribution >= 4 is 35.0 Å². The molecule has 0 aromatic heterocycles. The molecular weight excluding hydrogens is 304 g/mol. The molecule has 0 atom stereocenters. The zero-order valence-electron chi connectivity index (χ0n) is 11.6. The van der Waals surface area contributed by atoms with E-state index in [1.165, 1.54) is 25.2 Å². The summed E-state index contributed by atoms with van der Waals surface area (Å²) >= 11 is 5.86.